The summed E-state index contributed by atoms with van der Waals surface area (Å²) in [5.41, 5.74) is 8.42. The van der Waals surface area contributed by atoms with E-state index in [0.29, 0.717) is 0 Å². The van der Waals surface area contributed by atoms with Gasteiger partial charge in [0.1, 0.15) is 39.3 Å². The van der Waals surface area contributed by atoms with Crippen LogP contribution in [0.5, 0.6) is 0 Å². The monoisotopic (exact) mass is 1330 g/mol. The van der Waals surface area contributed by atoms with Crippen molar-refractivity contribution in [1.82, 2.24) is 0 Å². The van der Waals surface area contributed by atoms with Crippen molar-refractivity contribution in [2.75, 3.05) is 127 Å². The Morgan fingerprint density at radius 2 is 0.309 bits per heavy atom. The number of hydrogen-bond acceptors (Lipinski definition) is 9. The summed E-state index contributed by atoms with van der Waals surface area (Å²) in [6.45, 7) is 6.59. The van der Waals surface area contributed by atoms with Crippen molar-refractivity contribution in [3.05, 3.63) is 215 Å². The van der Waals surface area contributed by atoms with Crippen molar-refractivity contribution in [1.29, 1.82) is 0 Å². The number of rotatable bonds is 12. The van der Waals surface area contributed by atoms with Crippen LogP contribution in [0.2, 0.25) is 0 Å². The van der Waals surface area contributed by atoms with Crippen LogP contribution in [-0.4, -0.2) is 198 Å². The van der Waals surface area contributed by atoms with Gasteiger partial charge in [-0.1, -0.05) is 182 Å². The van der Waals surface area contributed by atoms with Gasteiger partial charge in [0.15, 0.2) is 0 Å². The molecule has 0 amide bonds. The molecule has 0 saturated heterocycles. The number of quaternary nitrogens is 6. The summed E-state index contributed by atoms with van der Waals surface area (Å²) < 4.78 is 113. The number of nitrogens with zero attached hydrogens (tertiary/aromatic N) is 6. The number of benzene rings is 6. The summed E-state index contributed by atoms with van der Waals surface area (Å²) in [5, 5.41) is 0. The topological polar surface area (TPSA) is 190 Å². The van der Waals surface area contributed by atoms with Crippen LogP contribution in [0.3, 0.4) is 0 Å². The molecule has 0 aliphatic rings. The molecule has 0 unspecified atom stereocenters. The molecule has 0 heterocycles. The Morgan fingerprint density at radius 3 is 0.370 bits per heavy atom. The molecule has 6 rings (SSSR count). The molecule has 0 aromatic heterocycles. The number of hydrogen-bond donors (Lipinski definition) is 0. The van der Waals surface area contributed by atoms with Gasteiger partial charge in [-0.25, -0.2) is 0 Å². The van der Waals surface area contributed by atoms with Crippen LogP contribution in [0.1, 0.15) is 33.4 Å². The molecule has 0 spiro atoms. The maximum absolute atomic E-state index is 10.2. The van der Waals surface area contributed by atoms with Gasteiger partial charge in [0.2, 0.25) is 0 Å². The van der Waals surface area contributed by atoms with Gasteiger partial charge in [0, 0.05) is 33.4 Å². The van der Waals surface area contributed by atoms with E-state index in [9.17, 15) is 10.4 Å². The molecule has 21 heteroatoms. The second-order valence-electron chi connectivity index (χ2n) is 24.9. The van der Waals surface area contributed by atoms with Gasteiger partial charge in [-0.05, 0) is 0 Å². The molecule has 0 aliphatic carbocycles. The Bertz CT molecular complexity index is 2150. The van der Waals surface area contributed by atoms with Crippen LogP contribution in [0, 0.1) is 0 Å². The summed E-state index contributed by atoms with van der Waals surface area (Å²) >= 11 is -18.4. The van der Waals surface area contributed by atoms with Crippen molar-refractivity contribution in [3.63, 3.8) is 0 Å². The van der Waals surface area contributed by atoms with Crippen LogP contribution in [0.4, 0.5) is 10.4 Å². The van der Waals surface area contributed by atoms with E-state index in [1.807, 2.05) is 0 Å². The molecule has 0 N–H and O–H groups in total. The van der Waals surface area contributed by atoms with E-state index in [4.69, 9.17) is 35.8 Å². The molecule has 0 saturated carbocycles. The molecule has 0 radical (unpaired) electrons. The SMILES string of the molecule is C[N+](C)(C)Cc1ccccc1.C[N+](C)(C)Cc1ccccc1.C[N+](C)(C)Cc1ccccc1.C[N+](C)(C)Cc1ccccc1.C[N+](C)(C)Cc1ccccc1.C[N+](C)(C)Cc1ccccc1.O=[As]([O-])([O-])F.O=[As]([O-])([O-])F.O=[As]([O-])([O-])F. The van der Waals surface area contributed by atoms with Crippen molar-refractivity contribution in [2.24, 2.45) is 0 Å². The standard InChI is InChI=1S/6C10H16N.3AsFH2O3/c6*1-11(2,3)9-10-7-5-4-6-8-10;3*2-1(3,4)5/h6*4-8H,9H2,1-3H3;3*(H2,3,4,5)/q6*+1;;;/p-6. The summed E-state index contributed by atoms with van der Waals surface area (Å²) in [5.74, 6) is 0. The summed E-state index contributed by atoms with van der Waals surface area (Å²) in [7, 11) is 39.6. The molecule has 6 aromatic carbocycles. The third kappa shape index (κ3) is 75.7. The molecule has 15 nitrogen and oxygen atoms in total. The molecule has 0 fully saturated rings. The van der Waals surface area contributed by atoms with Crippen LogP contribution in [0.25, 0.3) is 0 Å². The summed E-state index contributed by atoms with van der Waals surface area (Å²) in [4.78, 5) is 0. The van der Waals surface area contributed by atoms with Gasteiger partial charge in [-0.15, -0.1) is 0 Å². The van der Waals surface area contributed by atoms with Gasteiger partial charge in [0.05, 0.1) is 127 Å². The van der Waals surface area contributed by atoms with E-state index in [1.54, 1.807) is 0 Å². The average molecular weight is 1330 g/mol. The Labute approximate surface area is 495 Å². The van der Waals surface area contributed by atoms with E-state index in [0.717, 1.165) is 66.2 Å². The first-order valence-corrected chi connectivity index (χ1v) is 34.7. The Kier molecular flexibility index (Phi) is 39.2. The van der Waals surface area contributed by atoms with Crippen molar-refractivity contribution in [3.8, 4) is 0 Å². The normalized spacial score (nSPS) is 11.6. The third-order valence-electron chi connectivity index (χ3n) is 9.00. The zero-order valence-electron chi connectivity index (χ0n) is 51.4. The van der Waals surface area contributed by atoms with E-state index < -0.39 is 43.9 Å². The Hall–Kier alpha value is -4.29. The first kappa shape index (κ1) is 80.9. The maximum atomic E-state index is 10.2. The zero-order valence-corrected chi connectivity index (χ0v) is 57.0. The molecule has 0 bridgehead atoms. The molecular formula is C60H96As3F3N6O9. The van der Waals surface area contributed by atoms with E-state index in [1.165, 1.54) is 33.4 Å². The van der Waals surface area contributed by atoms with E-state index in [2.05, 4.69) is 309 Å². The third-order valence-corrected chi connectivity index (χ3v) is 9.00. The van der Waals surface area contributed by atoms with Gasteiger partial charge in [-0.3, -0.25) is 0 Å². The van der Waals surface area contributed by atoms with Crippen LogP contribution < -0.4 is 24.6 Å². The second kappa shape index (κ2) is 39.3. The minimum atomic E-state index is -6.12. The van der Waals surface area contributed by atoms with Crippen LogP contribution in [-0.2, 0) is 50.5 Å². The molecule has 6 aromatic rings. The average Bonchev–Trinajstić information content (AvgIpc) is 3.25. The molecule has 81 heavy (non-hydrogen) atoms. The van der Waals surface area contributed by atoms with Gasteiger partial charge in [-0.2, -0.15) is 0 Å². The number of halogens is 3. The fourth-order valence-electron chi connectivity index (χ4n) is 6.79. The molecule has 0 aliphatic heterocycles. The fourth-order valence-corrected chi connectivity index (χ4v) is 6.79. The minimum absolute atomic E-state index is 0.990. The Morgan fingerprint density at radius 1 is 0.235 bits per heavy atom. The fraction of sp³-hybridized carbons (Fsp3) is 0.400. The predicted molar refractivity (Wildman–Crippen MR) is 312 cm³/mol. The predicted octanol–water partition coefficient (Wildman–Crippen LogP) is 3.98. The first-order chi connectivity index (χ1) is 36.5. The summed E-state index contributed by atoms with van der Waals surface area (Å²) in [6, 6.07) is 63.4. The Balaban J connectivity index is -0.000000859. The van der Waals surface area contributed by atoms with Gasteiger partial charge in [0.25, 0.3) is 0 Å². The van der Waals surface area contributed by atoms with Crippen LogP contribution >= 0.6 is 0 Å². The zero-order chi connectivity index (χ0) is 63.4. The quantitative estimate of drug-likeness (QED) is 0.129. The van der Waals surface area contributed by atoms with Crippen molar-refractivity contribution < 1.29 is 73.1 Å². The van der Waals surface area contributed by atoms with Gasteiger partial charge >= 0.3 is 90.1 Å². The first-order valence-electron chi connectivity index (χ1n) is 25.7. The summed E-state index contributed by atoms with van der Waals surface area (Å²) in [6.07, 6.45) is 0. The van der Waals surface area contributed by atoms with Crippen LogP contribution in [0.15, 0.2) is 182 Å². The molecule has 0 atom stereocenters. The van der Waals surface area contributed by atoms with Gasteiger partial charge < -0.3 is 26.9 Å². The van der Waals surface area contributed by atoms with E-state index >= 15 is 0 Å². The van der Waals surface area contributed by atoms with Crippen molar-refractivity contribution in [2.45, 2.75) is 39.3 Å². The molecular weight excluding hydrogens is 1230 g/mol. The van der Waals surface area contributed by atoms with Crippen molar-refractivity contribution >= 4 is 43.9 Å². The second-order valence-corrected chi connectivity index (χ2v) is 30.3. The van der Waals surface area contributed by atoms with E-state index in [-0.39, 0.29) is 0 Å². The molecule has 456 valence electrons.